The quantitative estimate of drug-likeness (QED) is 0.544. The van der Waals surface area contributed by atoms with Crippen LogP contribution in [0.3, 0.4) is 0 Å². The molecule has 0 heterocycles. The molecule has 0 aromatic rings. The van der Waals surface area contributed by atoms with Gasteiger partial charge in [-0.05, 0) is 0 Å². The second-order valence-corrected chi connectivity index (χ2v) is 7.54. The van der Waals surface area contributed by atoms with Crippen LogP contribution >= 0.6 is 0 Å². The zero-order chi connectivity index (χ0) is 4.28. The van der Waals surface area contributed by atoms with E-state index in [4.69, 9.17) is 0 Å². The van der Waals surface area contributed by atoms with Crippen LogP contribution in [0.1, 0.15) is 0 Å². The molecule has 2 heteroatoms. The molecule has 31 valence electrons. The van der Waals surface area contributed by atoms with Crippen LogP contribution in [0.15, 0.2) is 0 Å². The maximum atomic E-state index is 2.36. The number of hydrogen-bond donors (Lipinski definition) is 0. The first kappa shape index (κ1) is 6.01. The van der Waals surface area contributed by atoms with Crippen LogP contribution in [-0.4, -0.2) is 31.1 Å². The van der Waals surface area contributed by atoms with E-state index in [1.54, 1.807) is 0 Å². The molecule has 0 spiro atoms. The zero-order valence-electron chi connectivity index (χ0n) is 3.69. The van der Waals surface area contributed by atoms with E-state index in [9.17, 15) is 0 Å². The van der Waals surface area contributed by atoms with Gasteiger partial charge in [-0.25, -0.2) is 0 Å². The fourth-order valence-electron chi connectivity index (χ4n) is 0. The minimum atomic E-state index is -0.145. The van der Waals surface area contributed by atoms with Crippen LogP contribution < -0.4 is 0 Å². The molecule has 0 rings (SSSR count). The average Bonchev–Trinajstić information content (AvgIpc) is 1.38. The molecule has 0 saturated heterocycles. The van der Waals surface area contributed by atoms with Crippen molar-refractivity contribution in [2.75, 3.05) is 0 Å². The zero-order valence-corrected chi connectivity index (χ0v) is 7.18. The Morgan fingerprint density at radius 1 is 1.60 bits per heavy atom. The maximum absolute atomic E-state index is 2.36. The average molecular weight is 201 g/mol. The Morgan fingerprint density at radius 2 is 1.80 bits per heavy atom. The summed E-state index contributed by atoms with van der Waals surface area (Å²) in [6.45, 7) is 4.73. The van der Waals surface area contributed by atoms with E-state index in [1.165, 1.54) is 4.09 Å². The molecule has 0 unspecified atom stereocenters. The van der Waals surface area contributed by atoms with Crippen LogP contribution in [0.5, 0.6) is 0 Å². The van der Waals surface area contributed by atoms with Crippen LogP contribution in [0, 0.1) is 0 Å². The van der Waals surface area contributed by atoms with E-state index in [0.717, 1.165) is 0 Å². The van der Waals surface area contributed by atoms with Crippen molar-refractivity contribution in [1.29, 1.82) is 0 Å². The van der Waals surface area contributed by atoms with E-state index < -0.39 is 0 Å². The summed E-state index contributed by atoms with van der Waals surface area (Å²) in [4.78, 5) is 0. The molecule has 1 radical (unpaired) electrons. The molecule has 0 bridgehead atoms. The van der Waals surface area contributed by atoms with Crippen LogP contribution in [0.4, 0.5) is 0 Å². The van der Waals surface area contributed by atoms with Crippen molar-refractivity contribution in [3.05, 3.63) is 0 Å². The molecule has 5 heavy (non-hydrogen) atoms. The van der Waals surface area contributed by atoms with Gasteiger partial charge >= 0.3 is 48.3 Å². The van der Waals surface area contributed by atoms with Gasteiger partial charge in [0.15, 0.2) is 0 Å². The molecule has 0 saturated carbocycles. The van der Waals surface area contributed by atoms with Crippen LogP contribution in [-0.2, 0) is 0 Å². The van der Waals surface area contributed by atoms with Crippen LogP contribution in [0.25, 0.3) is 0 Å². The molecule has 0 aliphatic carbocycles. The third kappa shape index (κ3) is 5.01. The summed E-state index contributed by atoms with van der Waals surface area (Å²) in [5.74, 6) is 0. The number of hydrogen-bond acceptors (Lipinski definition) is 0. The van der Waals surface area contributed by atoms with Crippen LogP contribution in [0.2, 0.25) is 17.2 Å². The van der Waals surface area contributed by atoms with E-state index in [2.05, 4.69) is 35.4 Å². The van der Waals surface area contributed by atoms with Crippen molar-refractivity contribution >= 4 is 31.1 Å². The molecule has 0 nitrogen and oxygen atoms in total. The first-order valence-electron chi connectivity index (χ1n) is 1.85. The fourth-order valence-corrected chi connectivity index (χ4v) is 0. The molecule has 0 aliphatic heterocycles. The predicted molar refractivity (Wildman–Crippen MR) is 29.4 cm³/mol. The Hall–Kier alpha value is 1.01. The summed E-state index contributed by atoms with van der Waals surface area (Å²) >= 11 is 2.20. The van der Waals surface area contributed by atoms with E-state index >= 15 is 0 Å². The molecule has 0 N–H and O–H groups in total. The first-order chi connectivity index (χ1) is 2.27. The topological polar surface area (TPSA) is 0 Å². The Labute approximate surface area is 48.5 Å². The van der Waals surface area contributed by atoms with Gasteiger partial charge in [0.1, 0.15) is 0 Å². The normalized spacial score (nSPS) is 9.60. The van der Waals surface area contributed by atoms with Gasteiger partial charge in [-0.1, -0.05) is 0 Å². The Kier molecular flexibility index (Phi) is 3.85. The summed E-state index contributed by atoms with van der Waals surface area (Å²) in [6, 6.07) is 0. The summed E-state index contributed by atoms with van der Waals surface area (Å²) in [7, 11) is -0.145. The molecular formula is C3H9SiTe. The predicted octanol–water partition coefficient (Wildman–Crippen LogP) is 0.599. The second kappa shape index (κ2) is 3.21. The third-order valence-corrected chi connectivity index (χ3v) is 6.71. The van der Waals surface area contributed by atoms with Gasteiger partial charge < -0.3 is 0 Å². The molecule has 0 aliphatic rings. The molecular weight excluding hydrogens is 192 g/mol. The van der Waals surface area contributed by atoms with Crippen molar-refractivity contribution in [2.45, 2.75) is 17.2 Å². The van der Waals surface area contributed by atoms with Gasteiger partial charge in [0, 0.05) is 0 Å². The van der Waals surface area contributed by atoms with E-state index in [1.807, 2.05) is 0 Å². The Bertz CT molecular complexity index is 20.9. The van der Waals surface area contributed by atoms with Crippen molar-refractivity contribution < 1.29 is 0 Å². The molecule has 0 aromatic carbocycles. The van der Waals surface area contributed by atoms with Crippen molar-refractivity contribution in [2.24, 2.45) is 0 Å². The Morgan fingerprint density at radius 3 is 1.80 bits per heavy atom. The van der Waals surface area contributed by atoms with Gasteiger partial charge in [-0.2, -0.15) is 0 Å². The first-order valence-corrected chi connectivity index (χ1v) is 6.63. The Balaban J connectivity index is 2.54. The molecule has 0 fully saturated rings. The fraction of sp³-hybridized carbons (Fsp3) is 1.00. The van der Waals surface area contributed by atoms with Crippen molar-refractivity contribution in [3.63, 3.8) is 0 Å². The second-order valence-electron chi connectivity index (χ2n) is 1.56. The van der Waals surface area contributed by atoms with Gasteiger partial charge in [-0.3, -0.25) is 0 Å². The minimum absolute atomic E-state index is 0.145. The van der Waals surface area contributed by atoms with E-state index in [-0.39, 0.29) is 8.80 Å². The third-order valence-electron chi connectivity index (χ3n) is 0.333. The standard InChI is InChI=1S/C3H9SiTe/c1-4(2)3-5/h4H,3H2,1-2H3. The van der Waals surface area contributed by atoms with Crippen molar-refractivity contribution in [1.82, 2.24) is 0 Å². The van der Waals surface area contributed by atoms with Gasteiger partial charge in [0.25, 0.3) is 0 Å². The molecule has 0 atom stereocenters. The van der Waals surface area contributed by atoms with Gasteiger partial charge in [-0.15, -0.1) is 0 Å². The van der Waals surface area contributed by atoms with Gasteiger partial charge in [0.2, 0.25) is 0 Å². The molecule has 0 aromatic heterocycles. The summed E-state index contributed by atoms with van der Waals surface area (Å²) < 4.78 is 1.45. The monoisotopic (exact) mass is 203 g/mol. The number of rotatable bonds is 1. The van der Waals surface area contributed by atoms with Crippen molar-refractivity contribution in [3.8, 4) is 0 Å². The van der Waals surface area contributed by atoms with Gasteiger partial charge in [0.05, 0.1) is 0 Å². The summed E-state index contributed by atoms with van der Waals surface area (Å²) in [5.41, 5.74) is 0. The SMILES string of the molecule is C[SiH](C)C[Te]. The summed E-state index contributed by atoms with van der Waals surface area (Å²) in [6.07, 6.45) is 0. The summed E-state index contributed by atoms with van der Waals surface area (Å²) in [5, 5.41) is 0. The molecule has 0 amide bonds. The van der Waals surface area contributed by atoms with E-state index in [0.29, 0.717) is 0 Å².